The number of ether oxygens (including phenoxy) is 1. The van der Waals surface area contributed by atoms with Gasteiger partial charge in [-0.25, -0.2) is 0 Å². The van der Waals surface area contributed by atoms with E-state index in [0.29, 0.717) is 12.5 Å². The molecule has 0 radical (unpaired) electrons. The van der Waals surface area contributed by atoms with Crippen molar-refractivity contribution in [2.75, 3.05) is 5.32 Å². The van der Waals surface area contributed by atoms with Gasteiger partial charge in [0.15, 0.2) is 5.50 Å². The molecule has 0 aromatic heterocycles. The van der Waals surface area contributed by atoms with E-state index in [4.69, 9.17) is 4.74 Å². The van der Waals surface area contributed by atoms with E-state index in [0.717, 1.165) is 38.4 Å². The quantitative estimate of drug-likeness (QED) is 0.297. The van der Waals surface area contributed by atoms with Gasteiger partial charge >= 0.3 is 0 Å². The maximum atomic E-state index is 13.7. The molecular weight excluding hydrogens is 532 g/mol. The Balaban J connectivity index is 1.36. The number of thioether (sulfide) groups is 1. The van der Waals surface area contributed by atoms with Crippen LogP contribution in [0.1, 0.15) is 43.7 Å². The lowest BCUT2D eigenvalue weighted by Crippen LogP contribution is -2.48. The third-order valence-corrected chi connectivity index (χ3v) is 8.65. The van der Waals surface area contributed by atoms with Crippen LogP contribution in [-0.2, 0) is 11.4 Å². The van der Waals surface area contributed by atoms with Gasteiger partial charge in [0.05, 0.1) is 9.38 Å². The first-order chi connectivity index (χ1) is 17.6. The molecule has 2 fully saturated rings. The number of hydrogen-bond acceptors (Lipinski definition) is 4. The Bertz CT molecular complexity index is 1220. The second kappa shape index (κ2) is 11.6. The SMILES string of the molecule is C[C@H]1CCCC[C@@H]1N1C(=O)/C(=C/c2ccc(OCc3ccccc3)c(Br)c2)SC1Nc1ccccc1. The molecular formula is C30H31BrN2O2S. The number of benzene rings is 3. The Labute approximate surface area is 226 Å². The van der Waals surface area contributed by atoms with Gasteiger partial charge in [-0.05, 0) is 76.2 Å². The molecule has 1 unspecified atom stereocenters. The zero-order chi connectivity index (χ0) is 24.9. The van der Waals surface area contributed by atoms with Crippen molar-refractivity contribution in [1.82, 2.24) is 4.90 Å². The number of amides is 1. The molecule has 1 saturated carbocycles. The molecule has 0 spiro atoms. The van der Waals surface area contributed by atoms with Crippen LogP contribution in [0.3, 0.4) is 0 Å². The van der Waals surface area contributed by atoms with Gasteiger partial charge < -0.3 is 15.0 Å². The summed E-state index contributed by atoms with van der Waals surface area (Å²) >= 11 is 5.26. The number of nitrogens with zero attached hydrogens (tertiary/aromatic N) is 1. The number of rotatable bonds is 7. The van der Waals surface area contributed by atoms with Gasteiger partial charge in [0.1, 0.15) is 12.4 Å². The molecule has 186 valence electrons. The third-order valence-electron chi connectivity index (χ3n) is 6.91. The summed E-state index contributed by atoms with van der Waals surface area (Å²) in [5.74, 6) is 1.40. The molecule has 1 aliphatic carbocycles. The summed E-state index contributed by atoms with van der Waals surface area (Å²) in [5, 5.41) is 3.61. The maximum Gasteiger partial charge on any atom is 0.262 e. The molecule has 1 N–H and O–H groups in total. The highest BCUT2D eigenvalue weighted by molar-refractivity contribution is 9.10. The summed E-state index contributed by atoms with van der Waals surface area (Å²) in [5.41, 5.74) is 3.01. The van der Waals surface area contributed by atoms with E-state index in [9.17, 15) is 4.79 Å². The molecule has 1 amide bonds. The molecule has 4 nitrogen and oxygen atoms in total. The molecule has 3 aromatic rings. The summed E-state index contributed by atoms with van der Waals surface area (Å²) in [6.45, 7) is 2.80. The predicted molar refractivity (Wildman–Crippen MR) is 153 cm³/mol. The van der Waals surface area contributed by atoms with Crippen molar-refractivity contribution >= 4 is 45.4 Å². The summed E-state index contributed by atoms with van der Waals surface area (Å²) in [4.78, 5) is 16.6. The number of carbonyl (C=O) groups is 1. The van der Waals surface area contributed by atoms with Crippen molar-refractivity contribution in [2.45, 2.75) is 50.8 Å². The zero-order valence-corrected chi connectivity index (χ0v) is 22.8. The fourth-order valence-corrected chi connectivity index (χ4v) is 6.70. The standard InChI is InChI=1S/C30H31BrN2O2S/c1-21-10-8-9-15-26(21)33-29(34)28(36-30(33)32-24-13-6-3-7-14-24)19-23-16-17-27(25(31)18-23)35-20-22-11-4-2-5-12-22/h2-7,11-14,16-19,21,26,30,32H,8-10,15,20H2,1H3/b28-19-/t21-,26-,30?/m0/s1. The molecule has 5 rings (SSSR count). The first-order valence-corrected chi connectivity index (χ1v) is 14.2. The van der Waals surface area contributed by atoms with Crippen molar-refractivity contribution in [1.29, 1.82) is 0 Å². The molecule has 36 heavy (non-hydrogen) atoms. The molecule has 6 heteroatoms. The van der Waals surface area contributed by atoms with Crippen LogP contribution in [0, 0.1) is 5.92 Å². The topological polar surface area (TPSA) is 41.6 Å². The van der Waals surface area contributed by atoms with Crippen molar-refractivity contribution in [2.24, 2.45) is 5.92 Å². The van der Waals surface area contributed by atoms with Gasteiger partial charge in [-0.1, -0.05) is 86.1 Å². The number of para-hydroxylation sites is 1. The van der Waals surface area contributed by atoms with E-state index in [-0.39, 0.29) is 17.4 Å². The van der Waals surface area contributed by atoms with E-state index >= 15 is 0 Å². The molecule has 1 aliphatic heterocycles. The second-order valence-corrected chi connectivity index (χ2v) is 11.5. The number of nitrogens with one attached hydrogen (secondary N) is 1. The minimum absolute atomic E-state index is 0.117. The molecule has 3 atom stereocenters. The van der Waals surface area contributed by atoms with Crippen LogP contribution in [0.25, 0.3) is 6.08 Å². The Morgan fingerprint density at radius 1 is 1.03 bits per heavy atom. The van der Waals surface area contributed by atoms with Crippen LogP contribution in [-0.4, -0.2) is 22.3 Å². The zero-order valence-electron chi connectivity index (χ0n) is 20.4. The fourth-order valence-electron chi connectivity index (χ4n) is 4.98. The summed E-state index contributed by atoms with van der Waals surface area (Å²) in [7, 11) is 0. The van der Waals surface area contributed by atoms with E-state index < -0.39 is 0 Å². The molecule has 1 heterocycles. The summed E-state index contributed by atoms with van der Waals surface area (Å²) < 4.78 is 6.88. The van der Waals surface area contributed by atoms with Crippen molar-refractivity contribution in [3.05, 3.63) is 99.4 Å². The number of halogens is 1. The largest absolute Gasteiger partial charge is 0.488 e. The summed E-state index contributed by atoms with van der Waals surface area (Å²) in [6.07, 6.45) is 6.67. The van der Waals surface area contributed by atoms with Gasteiger partial charge in [-0.2, -0.15) is 0 Å². The van der Waals surface area contributed by atoms with Crippen molar-refractivity contribution in [3.63, 3.8) is 0 Å². The average molecular weight is 564 g/mol. The number of hydrogen-bond donors (Lipinski definition) is 1. The molecule has 0 bridgehead atoms. The van der Waals surface area contributed by atoms with E-state index in [1.54, 1.807) is 11.8 Å². The lowest BCUT2D eigenvalue weighted by molar-refractivity contribution is -0.129. The van der Waals surface area contributed by atoms with E-state index in [2.05, 4.69) is 57.3 Å². The molecule has 1 saturated heterocycles. The van der Waals surface area contributed by atoms with E-state index in [1.165, 1.54) is 19.3 Å². The molecule has 2 aliphatic rings. The Hall–Kier alpha value is -2.70. The van der Waals surface area contributed by atoms with Gasteiger partial charge in [-0.3, -0.25) is 4.79 Å². The first-order valence-electron chi connectivity index (χ1n) is 12.6. The maximum absolute atomic E-state index is 13.7. The normalized spacial score (nSPS) is 23.2. The highest BCUT2D eigenvalue weighted by atomic mass is 79.9. The van der Waals surface area contributed by atoms with Crippen molar-refractivity contribution in [3.8, 4) is 5.75 Å². The van der Waals surface area contributed by atoms with Crippen LogP contribution >= 0.6 is 27.7 Å². The van der Waals surface area contributed by atoms with Gasteiger partial charge in [-0.15, -0.1) is 0 Å². The minimum atomic E-state index is -0.117. The monoisotopic (exact) mass is 562 g/mol. The summed E-state index contributed by atoms with van der Waals surface area (Å²) in [6, 6.07) is 26.5. The highest BCUT2D eigenvalue weighted by Crippen LogP contribution is 2.42. The Kier molecular flexibility index (Phi) is 8.02. The smallest absolute Gasteiger partial charge is 0.262 e. The lowest BCUT2D eigenvalue weighted by atomic mass is 9.85. The lowest BCUT2D eigenvalue weighted by Gasteiger charge is -2.39. The van der Waals surface area contributed by atoms with Gasteiger partial charge in [0, 0.05) is 11.7 Å². The predicted octanol–water partition coefficient (Wildman–Crippen LogP) is 7.92. The first kappa shape index (κ1) is 25.0. The van der Waals surface area contributed by atoms with Crippen LogP contribution in [0.15, 0.2) is 88.2 Å². The fraction of sp³-hybridized carbons (Fsp3) is 0.300. The molecule has 3 aromatic carbocycles. The second-order valence-electron chi connectivity index (χ2n) is 9.49. The number of anilines is 1. The average Bonchev–Trinajstić information content (AvgIpc) is 3.19. The highest BCUT2D eigenvalue weighted by Gasteiger charge is 2.42. The Morgan fingerprint density at radius 2 is 1.75 bits per heavy atom. The van der Waals surface area contributed by atoms with Crippen LogP contribution < -0.4 is 10.1 Å². The van der Waals surface area contributed by atoms with E-state index in [1.807, 2.05) is 60.7 Å². The van der Waals surface area contributed by atoms with Crippen LogP contribution in [0.2, 0.25) is 0 Å². The van der Waals surface area contributed by atoms with Gasteiger partial charge in [0.25, 0.3) is 5.91 Å². The Morgan fingerprint density at radius 3 is 2.47 bits per heavy atom. The van der Waals surface area contributed by atoms with Gasteiger partial charge in [0.2, 0.25) is 0 Å². The minimum Gasteiger partial charge on any atom is -0.488 e. The van der Waals surface area contributed by atoms with Crippen LogP contribution in [0.5, 0.6) is 5.75 Å². The van der Waals surface area contributed by atoms with Crippen molar-refractivity contribution < 1.29 is 9.53 Å². The van der Waals surface area contributed by atoms with Crippen LogP contribution in [0.4, 0.5) is 5.69 Å². The third kappa shape index (κ3) is 5.81. The number of carbonyl (C=O) groups excluding carboxylic acids is 1.